The molecule has 17 heavy (non-hydrogen) atoms. The molecule has 2 nitrogen and oxygen atoms in total. The molecule has 0 spiro atoms. The quantitative estimate of drug-likeness (QED) is 0.930. The van der Waals surface area contributed by atoms with Crippen LogP contribution in [0.4, 0.5) is 4.39 Å². The average molecular weight is 301 g/mol. The van der Waals surface area contributed by atoms with Crippen LogP contribution in [0.15, 0.2) is 22.7 Å². The lowest BCUT2D eigenvalue weighted by atomic mass is 10.0. The van der Waals surface area contributed by atoms with Crippen LogP contribution < -0.4 is 5.73 Å². The number of hydrogen-bond acceptors (Lipinski definition) is 2. The average Bonchev–Trinajstić information content (AvgIpc) is 2.34. The molecule has 0 saturated carbocycles. The third-order valence-corrected chi connectivity index (χ3v) is 4.19. The molecular formula is C13H18BrFN2. The molecule has 2 N–H and O–H groups in total. The highest BCUT2D eigenvalue weighted by Gasteiger charge is 2.22. The first-order valence-electron chi connectivity index (χ1n) is 6.09. The molecule has 0 bridgehead atoms. The monoisotopic (exact) mass is 300 g/mol. The van der Waals surface area contributed by atoms with Crippen molar-refractivity contribution in [3.8, 4) is 0 Å². The normalized spacial score (nSPS) is 21.7. The van der Waals surface area contributed by atoms with Crippen molar-refractivity contribution in [1.82, 2.24) is 4.90 Å². The molecule has 4 heteroatoms. The lowest BCUT2D eigenvalue weighted by molar-refractivity contribution is 0.143. The van der Waals surface area contributed by atoms with E-state index in [9.17, 15) is 4.39 Å². The lowest BCUT2D eigenvalue weighted by Gasteiger charge is -2.35. The maximum absolute atomic E-state index is 13.7. The largest absolute Gasteiger partial charge is 0.329 e. The van der Waals surface area contributed by atoms with E-state index >= 15 is 0 Å². The van der Waals surface area contributed by atoms with Gasteiger partial charge in [0.15, 0.2) is 0 Å². The van der Waals surface area contributed by atoms with Gasteiger partial charge in [0, 0.05) is 29.2 Å². The summed E-state index contributed by atoms with van der Waals surface area (Å²) in [7, 11) is 0. The molecule has 1 heterocycles. The molecule has 1 unspecified atom stereocenters. The fourth-order valence-electron chi connectivity index (χ4n) is 2.42. The number of piperidine rings is 1. The van der Waals surface area contributed by atoms with Crippen molar-refractivity contribution >= 4 is 15.9 Å². The molecular weight excluding hydrogens is 283 g/mol. The molecule has 1 fully saturated rings. The molecule has 1 aromatic rings. The van der Waals surface area contributed by atoms with Crippen molar-refractivity contribution in [2.75, 3.05) is 13.1 Å². The number of benzene rings is 1. The van der Waals surface area contributed by atoms with Crippen LogP contribution in [0, 0.1) is 5.82 Å². The lowest BCUT2D eigenvalue weighted by Crippen LogP contribution is -2.43. The zero-order valence-corrected chi connectivity index (χ0v) is 11.4. The van der Waals surface area contributed by atoms with Gasteiger partial charge in [-0.15, -0.1) is 0 Å². The Morgan fingerprint density at radius 2 is 2.24 bits per heavy atom. The maximum atomic E-state index is 13.7. The Balaban J connectivity index is 2.13. The second kappa shape index (κ2) is 5.94. The molecule has 0 radical (unpaired) electrons. The first-order valence-corrected chi connectivity index (χ1v) is 6.88. The molecule has 0 amide bonds. The molecule has 1 aromatic carbocycles. The van der Waals surface area contributed by atoms with Gasteiger partial charge in [0.05, 0.1) is 0 Å². The van der Waals surface area contributed by atoms with E-state index in [1.54, 1.807) is 6.07 Å². The van der Waals surface area contributed by atoms with Crippen molar-refractivity contribution in [3.05, 3.63) is 34.1 Å². The zero-order chi connectivity index (χ0) is 12.3. The van der Waals surface area contributed by atoms with E-state index in [-0.39, 0.29) is 5.82 Å². The topological polar surface area (TPSA) is 29.3 Å². The van der Waals surface area contributed by atoms with E-state index in [0.717, 1.165) is 23.0 Å². The molecule has 1 saturated heterocycles. The van der Waals surface area contributed by atoms with Gasteiger partial charge in [0.2, 0.25) is 0 Å². The van der Waals surface area contributed by atoms with Crippen LogP contribution in [0.2, 0.25) is 0 Å². The van der Waals surface area contributed by atoms with Gasteiger partial charge in [0.25, 0.3) is 0 Å². The molecule has 0 aliphatic carbocycles. The van der Waals surface area contributed by atoms with Crippen LogP contribution in [0.5, 0.6) is 0 Å². The summed E-state index contributed by atoms with van der Waals surface area (Å²) in [5.74, 6) is -0.138. The Kier molecular flexibility index (Phi) is 4.54. The summed E-state index contributed by atoms with van der Waals surface area (Å²) in [6.07, 6.45) is 3.54. The van der Waals surface area contributed by atoms with E-state index in [0.29, 0.717) is 19.1 Å². The van der Waals surface area contributed by atoms with Gasteiger partial charge in [0.1, 0.15) is 5.82 Å². The van der Waals surface area contributed by atoms with E-state index in [4.69, 9.17) is 5.73 Å². The minimum absolute atomic E-state index is 0.138. The van der Waals surface area contributed by atoms with Gasteiger partial charge in [-0.05, 0) is 31.5 Å². The Bertz CT molecular complexity index is 363. The summed E-state index contributed by atoms with van der Waals surface area (Å²) < 4.78 is 14.6. The van der Waals surface area contributed by atoms with Gasteiger partial charge in [-0.25, -0.2) is 4.39 Å². The summed E-state index contributed by atoms with van der Waals surface area (Å²) in [4.78, 5) is 2.30. The van der Waals surface area contributed by atoms with Gasteiger partial charge in [-0.3, -0.25) is 4.90 Å². The fraction of sp³-hybridized carbons (Fsp3) is 0.538. The Morgan fingerprint density at radius 1 is 1.41 bits per heavy atom. The summed E-state index contributed by atoms with van der Waals surface area (Å²) in [6, 6.07) is 5.52. The minimum Gasteiger partial charge on any atom is -0.329 e. The minimum atomic E-state index is -0.138. The summed E-state index contributed by atoms with van der Waals surface area (Å²) in [5.41, 5.74) is 6.52. The predicted octanol–water partition coefficient (Wildman–Crippen LogP) is 2.90. The van der Waals surface area contributed by atoms with Crippen molar-refractivity contribution in [3.63, 3.8) is 0 Å². The summed E-state index contributed by atoms with van der Waals surface area (Å²) in [6.45, 7) is 2.32. The highest BCUT2D eigenvalue weighted by molar-refractivity contribution is 9.10. The molecule has 2 rings (SSSR count). The number of rotatable bonds is 3. The molecule has 1 aliphatic heterocycles. The van der Waals surface area contributed by atoms with Crippen LogP contribution in [0.25, 0.3) is 0 Å². The Labute approximate surface area is 110 Å². The van der Waals surface area contributed by atoms with Crippen molar-refractivity contribution in [2.45, 2.75) is 31.8 Å². The van der Waals surface area contributed by atoms with Gasteiger partial charge in [-0.2, -0.15) is 0 Å². The van der Waals surface area contributed by atoms with Gasteiger partial charge in [-0.1, -0.05) is 28.4 Å². The van der Waals surface area contributed by atoms with Gasteiger partial charge < -0.3 is 5.73 Å². The SMILES string of the molecule is NCC1CCCCN1Cc1c(F)cccc1Br. The first-order chi connectivity index (χ1) is 8.22. The third-order valence-electron chi connectivity index (χ3n) is 3.44. The number of likely N-dealkylation sites (tertiary alicyclic amines) is 1. The zero-order valence-electron chi connectivity index (χ0n) is 9.83. The number of nitrogens with two attached hydrogens (primary N) is 1. The second-order valence-electron chi connectivity index (χ2n) is 4.56. The van der Waals surface area contributed by atoms with Crippen LogP contribution >= 0.6 is 15.9 Å². The van der Waals surface area contributed by atoms with Crippen LogP contribution in [0.3, 0.4) is 0 Å². The van der Waals surface area contributed by atoms with Crippen LogP contribution in [-0.4, -0.2) is 24.0 Å². The maximum Gasteiger partial charge on any atom is 0.128 e. The highest BCUT2D eigenvalue weighted by Crippen LogP contribution is 2.25. The van der Waals surface area contributed by atoms with Gasteiger partial charge >= 0.3 is 0 Å². The first kappa shape index (κ1) is 13.0. The van der Waals surface area contributed by atoms with Crippen molar-refractivity contribution in [1.29, 1.82) is 0 Å². The standard InChI is InChI=1S/C13H18BrFN2/c14-12-5-3-6-13(15)11(12)9-17-7-2-1-4-10(17)8-16/h3,5-6,10H,1-2,4,7-9,16H2. The molecule has 1 atom stereocenters. The van der Waals surface area contributed by atoms with Crippen molar-refractivity contribution < 1.29 is 4.39 Å². The Morgan fingerprint density at radius 3 is 2.94 bits per heavy atom. The number of hydrogen-bond donors (Lipinski definition) is 1. The molecule has 94 valence electrons. The Hall–Kier alpha value is -0.450. The van der Waals surface area contributed by atoms with E-state index in [1.165, 1.54) is 18.9 Å². The second-order valence-corrected chi connectivity index (χ2v) is 5.41. The number of halogens is 2. The van der Waals surface area contributed by atoms with Crippen molar-refractivity contribution in [2.24, 2.45) is 5.73 Å². The fourth-order valence-corrected chi connectivity index (χ4v) is 2.89. The highest BCUT2D eigenvalue weighted by atomic mass is 79.9. The summed E-state index contributed by atoms with van der Waals surface area (Å²) >= 11 is 3.42. The van der Waals surface area contributed by atoms with E-state index < -0.39 is 0 Å². The molecule has 1 aliphatic rings. The number of nitrogens with zero attached hydrogens (tertiary/aromatic N) is 1. The molecule has 0 aromatic heterocycles. The van der Waals surface area contributed by atoms with E-state index in [1.807, 2.05) is 6.07 Å². The van der Waals surface area contributed by atoms with E-state index in [2.05, 4.69) is 20.8 Å². The smallest absolute Gasteiger partial charge is 0.128 e. The summed E-state index contributed by atoms with van der Waals surface area (Å²) in [5, 5.41) is 0. The van der Waals surface area contributed by atoms with Crippen LogP contribution in [0.1, 0.15) is 24.8 Å². The predicted molar refractivity (Wildman–Crippen MR) is 71.2 cm³/mol. The van der Waals surface area contributed by atoms with Crippen LogP contribution in [-0.2, 0) is 6.54 Å². The third kappa shape index (κ3) is 3.06.